The van der Waals surface area contributed by atoms with E-state index in [1.807, 2.05) is 25.1 Å². The molecule has 3 aliphatic rings. The average molecular weight is 430 g/mol. The number of hydrogen-bond donors (Lipinski definition) is 0. The number of hydrogen-bond acceptors (Lipinski definition) is 5. The molecule has 5 rings (SSSR count). The van der Waals surface area contributed by atoms with Crippen molar-refractivity contribution in [3.05, 3.63) is 70.3 Å². The van der Waals surface area contributed by atoms with Gasteiger partial charge in [-0.3, -0.25) is 4.99 Å². The number of rotatable bonds is 3. The van der Waals surface area contributed by atoms with E-state index >= 15 is 0 Å². The van der Waals surface area contributed by atoms with Crippen LogP contribution in [-0.4, -0.2) is 43.8 Å². The smallest absolute Gasteiger partial charge is 0.344 e. The first-order valence-corrected chi connectivity index (χ1v) is 11.6. The number of allylic oxidation sites excluding steroid dienone is 6. The zero-order chi connectivity index (χ0) is 22.2. The van der Waals surface area contributed by atoms with Crippen molar-refractivity contribution >= 4 is 27.9 Å². The van der Waals surface area contributed by atoms with E-state index in [9.17, 15) is 4.79 Å². The molecule has 5 nitrogen and oxygen atoms in total. The van der Waals surface area contributed by atoms with E-state index in [1.165, 1.54) is 0 Å². The molecule has 0 spiro atoms. The van der Waals surface area contributed by atoms with Crippen LogP contribution in [0, 0.1) is 5.92 Å². The number of anilines is 1. The van der Waals surface area contributed by atoms with Crippen LogP contribution in [0.2, 0.25) is 0 Å². The third-order valence-electron chi connectivity index (χ3n) is 7.02. The minimum Gasteiger partial charge on any atom is -0.422 e. The number of nitrogens with zero attached hydrogens (tertiary/aromatic N) is 3. The molecular formula is C27H31N3O2. The van der Waals surface area contributed by atoms with Gasteiger partial charge < -0.3 is 14.2 Å². The largest absolute Gasteiger partial charge is 0.422 e. The van der Waals surface area contributed by atoms with E-state index in [0.29, 0.717) is 23.1 Å². The lowest BCUT2D eigenvalue weighted by molar-refractivity contribution is 0.315. The van der Waals surface area contributed by atoms with E-state index in [4.69, 9.17) is 9.41 Å². The molecule has 0 saturated carbocycles. The summed E-state index contributed by atoms with van der Waals surface area (Å²) < 4.78 is 5.81. The van der Waals surface area contributed by atoms with Crippen LogP contribution in [0.3, 0.4) is 0 Å². The fraction of sp³-hybridized carbons (Fsp3) is 0.407. The topological polar surface area (TPSA) is 49.0 Å². The standard InChI is InChI=1S/C27H31N3O2/c1-18-7-8-20-6-4-5-19(10-12-25(20)28-18)24-15-21-9-11-22(16-26(21)32-27(24)31)30-14-13-23(17-30)29(2)3/h5,7,9-12,15-16,20,23H,4,6,8,13-14,17H2,1-3H3. The van der Waals surface area contributed by atoms with Crippen molar-refractivity contribution in [1.29, 1.82) is 0 Å². The molecule has 2 atom stereocenters. The number of likely N-dealkylation sites (N-methyl/N-ethyl adjacent to an activating group) is 1. The monoisotopic (exact) mass is 429 g/mol. The Kier molecular flexibility index (Phi) is 5.60. The Bertz CT molecular complexity index is 1220. The van der Waals surface area contributed by atoms with Gasteiger partial charge in [-0.15, -0.1) is 0 Å². The summed E-state index contributed by atoms with van der Waals surface area (Å²) in [5, 5.41) is 0.953. The third kappa shape index (κ3) is 4.09. The minimum absolute atomic E-state index is 0.281. The molecule has 1 aromatic carbocycles. The summed E-state index contributed by atoms with van der Waals surface area (Å²) in [6.07, 6.45) is 12.6. The summed E-state index contributed by atoms with van der Waals surface area (Å²) in [6, 6.07) is 8.76. The van der Waals surface area contributed by atoms with Crippen LogP contribution in [-0.2, 0) is 0 Å². The van der Waals surface area contributed by atoms with Gasteiger partial charge in [0, 0.05) is 53.6 Å². The van der Waals surface area contributed by atoms with Crippen molar-refractivity contribution in [2.24, 2.45) is 10.9 Å². The van der Waals surface area contributed by atoms with Crippen molar-refractivity contribution in [1.82, 2.24) is 4.90 Å². The molecule has 1 saturated heterocycles. The van der Waals surface area contributed by atoms with Gasteiger partial charge in [0.2, 0.25) is 0 Å². The van der Waals surface area contributed by atoms with E-state index in [0.717, 1.165) is 66.8 Å². The summed E-state index contributed by atoms with van der Waals surface area (Å²) in [7, 11) is 4.26. The second-order valence-corrected chi connectivity index (χ2v) is 9.41. The first-order chi connectivity index (χ1) is 15.5. The molecule has 0 bridgehead atoms. The molecule has 166 valence electrons. The molecule has 32 heavy (non-hydrogen) atoms. The summed E-state index contributed by atoms with van der Waals surface area (Å²) >= 11 is 0. The van der Waals surface area contributed by atoms with Crippen molar-refractivity contribution in [2.75, 3.05) is 32.1 Å². The Morgan fingerprint density at radius 1 is 1.12 bits per heavy atom. The van der Waals surface area contributed by atoms with Crippen LogP contribution in [0.15, 0.2) is 68.5 Å². The molecule has 1 aliphatic carbocycles. The lowest BCUT2D eigenvalue weighted by Crippen LogP contribution is -2.31. The summed E-state index contributed by atoms with van der Waals surface area (Å²) in [6.45, 7) is 4.06. The predicted octanol–water partition coefficient (Wildman–Crippen LogP) is 5.03. The van der Waals surface area contributed by atoms with Crippen molar-refractivity contribution < 1.29 is 4.42 Å². The van der Waals surface area contributed by atoms with Gasteiger partial charge >= 0.3 is 5.63 Å². The van der Waals surface area contributed by atoms with E-state index in [1.54, 1.807) is 0 Å². The van der Waals surface area contributed by atoms with E-state index < -0.39 is 0 Å². The van der Waals surface area contributed by atoms with Gasteiger partial charge in [0.25, 0.3) is 0 Å². The molecule has 5 heteroatoms. The quantitative estimate of drug-likeness (QED) is 0.642. The predicted molar refractivity (Wildman–Crippen MR) is 132 cm³/mol. The maximum absolute atomic E-state index is 12.9. The molecule has 2 unspecified atom stereocenters. The third-order valence-corrected chi connectivity index (χ3v) is 7.02. The molecule has 3 heterocycles. The fourth-order valence-electron chi connectivity index (χ4n) is 4.99. The summed E-state index contributed by atoms with van der Waals surface area (Å²) in [5.74, 6) is 0.469. The Labute approximate surface area is 189 Å². The van der Waals surface area contributed by atoms with E-state index in [-0.39, 0.29) is 5.63 Å². The highest BCUT2D eigenvalue weighted by molar-refractivity contribution is 6.00. The molecule has 2 aliphatic heterocycles. The second-order valence-electron chi connectivity index (χ2n) is 9.41. The van der Waals surface area contributed by atoms with Crippen LogP contribution < -0.4 is 10.5 Å². The van der Waals surface area contributed by atoms with Crippen molar-refractivity contribution in [2.45, 2.75) is 38.6 Å². The summed E-state index contributed by atoms with van der Waals surface area (Å²) in [5.41, 5.74) is 5.22. The van der Waals surface area contributed by atoms with Crippen LogP contribution in [0.25, 0.3) is 16.5 Å². The van der Waals surface area contributed by atoms with Gasteiger partial charge in [-0.25, -0.2) is 4.79 Å². The molecule has 0 radical (unpaired) electrons. The Hall–Kier alpha value is -2.92. The normalized spacial score (nSPS) is 23.5. The number of fused-ring (bicyclic) bond motifs is 2. The van der Waals surface area contributed by atoms with E-state index in [2.05, 4.69) is 54.3 Å². The second kappa shape index (κ2) is 8.55. The van der Waals surface area contributed by atoms with Crippen LogP contribution >= 0.6 is 0 Å². The average Bonchev–Trinajstić information content (AvgIpc) is 3.25. The van der Waals surface area contributed by atoms with Gasteiger partial charge in [-0.05, 0) is 76.6 Å². The summed E-state index contributed by atoms with van der Waals surface area (Å²) in [4.78, 5) is 22.3. The van der Waals surface area contributed by atoms with Gasteiger partial charge in [-0.1, -0.05) is 18.2 Å². The van der Waals surface area contributed by atoms with Crippen molar-refractivity contribution in [3.63, 3.8) is 0 Å². The minimum atomic E-state index is -0.281. The fourth-order valence-corrected chi connectivity index (χ4v) is 4.99. The highest BCUT2D eigenvalue weighted by Gasteiger charge is 2.24. The van der Waals surface area contributed by atoms with Gasteiger partial charge in [0.05, 0.1) is 5.56 Å². The molecular weight excluding hydrogens is 398 g/mol. The molecule has 1 aromatic heterocycles. The highest BCUT2D eigenvalue weighted by atomic mass is 16.4. The zero-order valence-electron chi connectivity index (χ0n) is 19.2. The van der Waals surface area contributed by atoms with Crippen LogP contribution in [0.4, 0.5) is 5.69 Å². The van der Waals surface area contributed by atoms with Gasteiger partial charge in [0.1, 0.15) is 5.58 Å². The Morgan fingerprint density at radius 2 is 2.00 bits per heavy atom. The maximum atomic E-state index is 12.9. The molecule has 2 aromatic rings. The van der Waals surface area contributed by atoms with Crippen molar-refractivity contribution in [3.8, 4) is 0 Å². The van der Waals surface area contributed by atoms with Crippen LogP contribution in [0.5, 0.6) is 0 Å². The Balaban J connectivity index is 1.44. The van der Waals surface area contributed by atoms with Gasteiger partial charge in [0.15, 0.2) is 0 Å². The van der Waals surface area contributed by atoms with Crippen LogP contribution in [0.1, 0.15) is 38.2 Å². The SMILES string of the molecule is CC1=CCC2CCC=C(c3cc4ccc(N5CCC(N(C)C)C5)cc4oc3=O)C=CC2=N1. The Morgan fingerprint density at radius 3 is 2.81 bits per heavy atom. The molecule has 0 N–H and O–H groups in total. The molecule has 1 fully saturated rings. The first-order valence-electron chi connectivity index (χ1n) is 11.6. The lowest BCUT2D eigenvalue weighted by Gasteiger charge is -2.22. The molecule has 0 amide bonds. The highest BCUT2D eigenvalue weighted by Crippen LogP contribution is 2.29. The first kappa shape index (κ1) is 21.0. The lowest BCUT2D eigenvalue weighted by atomic mass is 9.88. The number of aliphatic imine (C=N–C) groups is 1. The zero-order valence-corrected chi connectivity index (χ0v) is 19.2. The van der Waals surface area contributed by atoms with Gasteiger partial charge in [-0.2, -0.15) is 0 Å². The number of benzene rings is 1. The maximum Gasteiger partial charge on any atom is 0.344 e.